The molecule has 2 heterocycles. The van der Waals surface area contributed by atoms with E-state index in [0.29, 0.717) is 45.5 Å². The third-order valence-corrected chi connectivity index (χ3v) is 6.65. The lowest BCUT2D eigenvalue weighted by Gasteiger charge is -2.29. The molecule has 2 aromatic carbocycles. The SMILES string of the molecule is Cc1cc(Cl)cc2sc(N(CCN3CCOCC3)C(=O)c3cc(Cl)cc(Cl)c3)nc12. The van der Waals surface area contributed by atoms with E-state index in [0.717, 1.165) is 35.4 Å². The summed E-state index contributed by atoms with van der Waals surface area (Å²) in [6.45, 7) is 6.29. The highest BCUT2D eigenvalue weighted by molar-refractivity contribution is 7.22. The fraction of sp³-hybridized carbons (Fsp3) is 0.333. The quantitative estimate of drug-likeness (QED) is 0.477. The van der Waals surface area contributed by atoms with Crippen LogP contribution in [0.3, 0.4) is 0 Å². The van der Waals surface area contributed by atoms with Crippen LogP contribution in [0.4, 0.5) is 5.13 Å². The zero-order valence-corrected chi connectivity index (χ0v) is 19.4. The second-order valence-corrected chi connectivity index (χ2v) is 9.45. The van der Waals surface area contributed by atoms with E-state index in [2.05, 4.69) is 4.90 Å². The molecule has 30 heavy (non-hydrogen) atoms. The van der Waals surface area contributed by atoms with E-state index in [1.54, 1.807) is 23.1 Å². The molecule has 0 saturated carbocycles. The van der Waals surface area contributed by atoms with Crippen LogP contribution in [0.5, 0.6) is 0 Å². The van der Waals surface area contributed by atoms with Crippen molar-refractivity contribution in [3.63, 3.8) is 0 Å². The van der Waals surface area contributed by atoms with Gasteiger partial charge in [0.25, 0.3) is 5.91 Å². The molecule has 0 N–H and O–H groups in total. The van der Waals surface area contributed by atoms with Crippen molar-refractivity contribution in [1.29, 1.82) is 0 Å². The Morgan fingerprint density at radius 1 is 1.10 bits per heavy atom. The number of anilines is 1. The molecule has 1 saturated heterocycles. The monoisotopic (exact) mass is 483 g/mol. The number of fused-ring (bicyclic) bond motifs is 1. The first-order valence-corrected chi connectivity index (χ1v) is 11.5. The van der Waals surface area contributed by atoms with Gasteiger partial charge in [-0.3, -0.25) is 14.6 Å². The molecule has 0 spiro atoms. The van der Waals surface area contributed by atoms with Crippen molar-refractivity contribution in [3.05, 3.63) is 56.5 Å². The molecule has 1 aliphatic rings. The van der Waals surface area contributed by atoms with Crippen LogP contribution in [-0.2, 0) is 4.74 Å². The standard InChI is InChI=1S/C21H20Cl3N3O2S/c1-13-8-15(22)12-18-19(13)25-21(30-18)27(3-2-26-4-6-29-7-5-26)20(28)14-9-16(23)11-17(24)10-14/h8-12H,2-7H2,1H3. The third kappa shape index (κ3) is 4.90. The second kappa shape index (κ2) is 9.39. The van der Waals surface area contributed by atoms with E-state index in [-0.39, 0.29) is 5.91 Å². The lowest BCUT2D eigenvalue weighted by molar-refractivity contribution is 0.0391. The molecule has 4 rings (SSSR count). The van der Waals surface area contributed by atoms with E-state index in [1.807, 2.05) is 19.1 Å². The Morgan fingerprint density at radius 2 is 1.77 bits per heavy atom. The molecule has 0 atom stereocenters. The molecule has 1 aliphatic heterocycles. The average molecular weight is 485 g/mol. The molecule has 0 bridgehead atoms. The van der Waals surface area contributed by atoms with Gasteiger partial charge < -0.3 is 4.74 Å². The number of amides is 1. The number of hydrogen-bond donors (Lipinski definition) is 0. The van der Waals surface area contributed by atoms with Gasteiger partial charge in [-0.15, -0.1) is 0 Å². The van der Waals surface area contributed by atoms with Gasteiger partial charge in [-0.25, -0.2) is 4.98 Å². The van der Waals surface area contributed by atoms with Crippen molar-refractivity contribution < 1.29 is 9.53 Å². The van der Waals surface area contributed by atoms with Crippen molar-refractivity contribution in [2.45, 2.75) is 6.92 Å². The first-order chi connectivity index (χ1) is 14.4. The van der Waals surface area contributed by atoms with E-state index in [1.165, 1.54) is 11.3 Å². The van der Waals surface area contributed by atoms with Gasteiger partial charge in [0, 0.05) is 46.8 Å². The number of aryl methyl sites for hydroxylation is 1. The Bertz CT molecular complexity index is 1060. The van der Waals surface area contributed by atoms with E-state index >= 15 is 0 Å². The highest BCUT2D eigenvalue weighted by Crippen LogP contribution is 2.34. The zero-order chi connectivity index (χ0) is 21.3. The van der Waals surface area contributed by atoms with Crippen LogP contribution in [0.2, 0.25) is 15.1 Å². The van der Waals surface area contributed by atoms with Gasteiger partial charge in [0.05, 0.1) is 23.4 Å². The van der Waals surface area contributed by atoms with Crippen molar-refractivity contribution in [2.75, 3.05) is 44.3 Å². The number of aromatic nitrogens is 1. The Hall–Kier alpha value is -1.41. The van der Waals surface area contributed by atoms with Crippen molar-refractivity contribution >= 4 is 67.4 Å². The molecule has 0 unspecified atom stereocenters. The number of thiazole rings is 1. The van der Waals surface area contributed by atoms with Crippen LogP contribution in [0, 0.1) is 6.92 Å². The van der Waals surface area contributed by atoms with Crippen LogP contribution in [0.25, 0.3) is 10.2 Å². The highest BCUT2D eigenvalue weighted by atomic mass is 35.5. The minimum Gasteiger partial charge on any atom is -0.379 e. The molecule has 9 heteroatoms. The number of hydrogen-bond acceptors (Lipinski definition) is 5. The summed E-state index contributed by atoms with van der Waals surface area (Å²) in [5.74, 6) is -0.185. The summed E-state index contributed by atoms with van der Waals surface area (Å²) >= 11 is 20.0. The van der Waals surface area contributed by atoms with Gasteiger partial charge in [-0.05, 0) is 42.8 Å². The molecule has 5 nitrogen and oxygen atoms in total. The number of halogens is 3. The van der Waals surface area contributed by atoms with Gasteiger partial charge in [-0.2, -0.15) is 0 Å². The second-order valence-electron chi connectivity index (χ2n) is 7.13. The van der Waals surface area contributed by atoms with Crippen LogP contribution in [0.15, 0.2) is 30.3 Å². The number of ether oxygens (including phenoxy) is 1. The maximum atomic E-state index is 13.5. The Morgan fingerprint density at radius 3 is 2.47 bits per heavy atom. The van der Waals surface area contributed by atoms with Crippen LogP contribution in [-0.4, -0.2) is 55.2 Å². The summed E-state index contributed by atoms with van der Waals surface area (Å²) in [5.41, 5.74) is 2.27. The maximum absolute atomic E-state index is 13.5. The van der Waals surface area contributed by atoms with Crippen LogP contribution in [0.1, 0.15) is 15.9 Å². The number of carbonyl (C=O) groups is 1. The summed E-state index contributed by atoms with van der Waals surface area (Å²) in [6, 6.07) is 8.64. The number of nitrogens with zero attached hydrogens (tertiary/aromatic N) is 3. The molecule has 0 aliphatic carbocycles. The first-order valence-electron chi connectivity index (χ1n) is 9.55. The normalized spacial score (nSPS) is 14.9. The van der Waals surface area contributed by atoms with Crippen molar-refractivity contribution in [1.82, 2.24) is 9.88 Å². The number of benzene rings is 2. The fourth-order valence-corrected chi connectivity index (χ4v) is 5.41. The van der Waals surface area contributed by atoms with Gasteiger partial charge in [0.2, 0.25) is 0 Å². The summed E-state index contributed by atoms with van der Waals surface area (Å²) < 4.78 is 6.37. The lowest BCUT2D eigenvalue weighted by Crippen LogP contribution is -2.43. The number of morpholine rings is 1. The van der Waals surface area contributed by atoms with E-state index < -0.39 is 0 Å². The predicted octanol–water partition coefficient (Wildman–Crippen LogP) is 5.54. The smallest absolute Gasteiger partial charge is 0.260 e. The molecule has 158 valence electrons. The van der Waals surface area contributed by atoms with Gasteiger partial charge in [-0.1, -0.05) is 46.1 Å². The van der Waals surface area contributed by atoms with Crippen LogP contribution >= 0.6 is 46.1 Å². The topological polar surface area (TPSA) is 45.7 Å². The first kappa shape index (κ1) is 21.8. The summed E-state index contributed by atoms with van der Waals surface area (Å²) in [4.78, 5) is 22.2. The zero-order valence-electron chi connectivity index (χ0n) is 16.3. The molecule has 0 radical (unpaired) electrons. The van der Waals surface area contributed by atoms with Gasteiger partial charge in [0.1, 0.15) is 0 Å². The predicted molar refractivity (Wildman–Crippen MR) is 125 cm³/mol. The molecule has 1 aromatic heterocycles. The van der Waals surface area contributed by atoms with Crippen LogP contribution < -0.4 is 4.90 Å². The average Bonchev–Trinajstić information content (AvgIpc) is 3.12. The Labute approximate surface area is 194 Å². The third-order valence-electron chi connectivity index (χ3n) is 4.97. The molecule has 1 amide bonds. The number of rotatable bonds is 5. The van der Waals surface area contributed by atoms with E-state index in [9.17, 15) is 4.79 Å². The highest BCUT2D eigenvalue weighted by Gasteiger charge is 2.24. The van der Waals surface area contributed by atoms with Gasteiger partial charge in [0.15, 0.2) is 5.13 Å². The minimum atomic E-state index is -0.185. The molecular weight excluding hydrogens is 465 g/mol. The largest absolute Gasteiger partial charge is 0.379 e. The Kier molecular flexibility index (Phi) is 6.82. The number of carbonyl (C=O) groups excluding carboxylic acids is 1. The molecular formula is C21H20Cl3N3O2S. The van der Waals surface area contributed by atoms with Crippen molar-refractivity contribution in [3.8, 4) is 0 Å². The summed E-state index contributed by atoms with van der Waals surface area (Å²) in [5, 5.41) is 2.13. The molecule has 1 fully saturated rings. The minimum absolute atomic E-state index is 0.185. The summed E-state index contributed by atoms with van der Waals surface area (Å²) in [6.07, 6.45) is 0. The van der Waals surface area contributed by atoms with Gasteiger partial charge >= 0.3 is 0 Å². The fourth-order valence-electron chi connectivity index (χ4n) is 3.44. The summed E-state index contributed by atoms with van der Waals surface area (Å²) in [7, 11) is 0. The van der Waals surface area contributed by atoms with E-state index in [4.69, 9.17) is 44.5 Å². The lowest BCUT2D eigenvalue weighted by atomic mass is 10.2. The molecule has 3 aromatic rings. The van der Waals surface area contributed by atoms with Crippen molar-refractivity contribution in [2.24, 2.45) is 0 Å². The maximum Gasteiger partial charge on any atom is 0.260 e. The Balaban J connectivity index is 1.69.